The standard InChI is InChI=1S/C17H29N/c1-12(11-17(4,5)6)9-16(18)15-8-7-13(2)14(3)10-15/h7-8,10,12,16H,9,11,18H2,1-6H3. The Hall–Kier alpha value is -0.820. The van der Waals surface area contributed by atoms with Gasteiger partial charge in [0.2, 0.25) is 0 Å². The number of aryl methyl sites for hydroxylation is 2. The molecule has 0 spiro atoms. The lowest BCUT2D eigenvalue weighted by Crippen LogP contribution is -2.18. The van der Waals surface area contributed by atoms with E-state index in [0.717, 1.165) is 6.42 Å². The van der Waals surface area contributed by atoms with E-state index in [4.69, 9.17) is 5.73 Å². The van der Waals surface area contributed by atoms with Crippen LogP contribution < -0.4 is 5.73 Å². The maximum atomic E-state index is 6.33. The van der Waals surface area contributed by atoms with E-state index in [1.807, 2.05) is 0 Å². The van der Waals surface area contributed by atoms with E-state index in [1.165, 1.54) is 23.1 Å². The molecule has 1 aromatic carbocycles. The molecule has 0 aliphatic heterocycles. The molecule has 1 nitrogen and oxygen atoms in total. The van der Waals surface area contributed by atoms with Crippen LogP contribution in [0.5, 0.6) is 0 Å². The van der Waals surface area contributed by atoms with E-state index in [1.54, 1.807) is 0 Å². The zero-order chi connectivity index (χ0) is 13.9. The SMILES string of the molecule is Cc1ccc(C(N)CC(C)CC(C)(C)C)cc1C. The molecule has 0 saturated heterocycles. The third kappa shape index (κ3) is 4.81. The molecule has 2 atom stereocenters. The van der Waals surface area contributed by atoms with E-state index >= 15 is 0 Å². The van der Waals surface area contributed by atoms with Gasteiger partial charge in [0, 0.05) is 6.04 Å². The molecular formula is C17H29N. The molecule has 2 N–H and O–H groups in total. The van der Waals surface area contributed by atoms with Crippen molar-refractivity contribution in [3.05, 3.63) is 34.9 Å². The van der Waals surface area contributed by atoms with Crippen LogP contribution in [-0.2, 0) is 0 Å². The second-order valence-corrected chi connectivity index (χ2v) is 7.06. The lowest BCUT2D eigenvalue weighted by molar-refractivity contribution is 0.286. The Bertz CT molecular complexity index is 387. The Labute approximate surface area is 113 Å². The minimum absolute atomic E-state index is 0.168. The van der Waals surface area contributed by atoms with Gasteiger partial charge >= 0.3 is 0 Å². The average Bonchev–Trinajstić information content (AvgIpc) is 2.18. The third-order valence-corrected chi connectivity index (χ3v) is 3.58. The highest BCUT2D eigenvalue weighted by molar-refractivity contribution is 5.31. The van der Waals surface area contributed by atoms with E-state index in [0.29, 0.717) is 11.3 Å². The number of benzene rings is 1. The minimum Gasteiger partial charge on any atom is -0.324 e. The summed E-state index contributed by atoms with van der Waals surface area (Å²) < 4.78 is 0. The molecule has 0 saturated carbocycles. The van der Waals surface area contributed by atoms with Crippen molar-refractivity contribution in [2.45, 2.75) is 60.4 Å². The highest BCUT2D eigenvalue weighted by Crippen LogP contribution is 2.29. The fourth-order valence-electron chi connectivity index (χ4n) is 2.69. The fourth-order valence-corrected chi connectivity index (χ4v) is 2.69. The molecule has 1 heteroatoms. The first-order valence-corrected chi connectivity index (χ1v) is 7.02. The van der Waals surface area contributed by atoms with Gasteiger partial charge in [0.05, 0.1) is 0 Å². The first-order valence-electron chi connectivity index (χ1n) is 7.02. The number of rotatable bonds is 4. The van der Waals surface area contributed by atoms with Crippen LogP contribution in [0.4, 0.5) is 0 Å². The minimum atomic E-state index is 0.168. The Balaban J connectivity index is 2.64. The van der Waals surface area contributed by atoms with Gasteiger partial charge in [-0.25, -0.2) is 0 Å². The normalized spacial score (nSPS) is 15.5. The summed E-state index contributed by atoms with van der Waals surface area (Å²) in [6.07, 6.45) is 2.30. The Morgan fingerprint density at radius 3 is 2.22 bits per heavy atom. The smallest absolute Gasteiger partial charge is 0.0297 e. The van der Waals surface area contributed by atoms with Gasteiger partial charge < -0.3 is 5.73 Å². The van der Waals surface area contributed by atoms with Crippen molar-refractivity contribution in [1.29, 1.82) is 0 Å². The van der Waals surface area contributed by atoms with Gasteiger partial charge in [-0.2, -0.15) is 0 Å². The van der Waals surface area contributed by atoms with Gasteiger partial charge in [0.15, 0.2) is 0 Å². The van der Waals surface area contributed by atoms with Crippen LogP contribution in [0.25, 0.3) is 0 Å². The molecule has 0 bridgehead atoms. The number of hydrogen-bond acceptors (Lipinski definition) is 1. The summed E-state index contributed by atoms with van der Waals surface area (Å²) in [6, 6.07) is 6.76. The van der Waals surface area contributed by atoms with Gasteiger partial charge in [0.25, 0.3) is 0 Å². The predicted molar refractivity (Wildman–Crippen MR) is 80.7 cm³/mol. The van der Waals surface area contributed by atoms with Crippen LogP contribution >= 0.6 is 0 Å². The van der Waals surface area contributed by atoms with E-state index in [9.17, 15) is 0 Å². The van der Waals surface area contributed by atoms with Crippen molar-refractivity contribution in [3.8, 4) is 0 Å². The fraction of sp³-hybridized carbons (Fsp3) is 0.647. The van der Waals surface area contributed by atoms with Crippen molar-refractivity contribution in [1.82, 2.24) is 0 Å². The van der Waals surface area contributed by atoms with Gasteiger partial charge in [-0.15, -0.1) is 0 Å². The summed E-state index contributed by atoms with van der Waals surface area (Å²) in [5.41, 5.74) is 10.7. The molecule has 0 fully saturated rings. The summed E-state index contributed by atoms with van der Waals surface area (Å²) >= 11 is 0. The Morgan fingerprint density at radius 1 is 1.11 bits per heavy atom. The number of nitrogens with two attached hydrogens (primary N) is 1. The molecule has 0 radical (unpaired) electrons. The Morgan fingerprint density at radius 2 is 1.72 bits per heavy atom. The van der Waals surface area contributed by atoms with Crippen LogP contribution in [0.3, 0.4) is 0 Å². The Kier molecular flexibility index (Phi) is 4.98. The molecule has 0 aromatic heterocycles. The molecular weight excluding hydrogens is 218 g/mol. The lowest BCUT2D eigenvalue weighted by atomic mass is 9.82. The van der Waals surface area contributed by atoms with Crippen molar-refractivity contribution in [2.24, 2.45) is 17.1 Å². The van der Waals surface area contributed by atoms with E-state index in [-0.39, 0.29) is 6.04 Å². The van der Waals surface area contributed by atoms with E-state index in [2.05, 4.69) is 59.7 Å². The second kappa shape index (κ2) is 5.88. The first-order chi connectivity index (χ1) is 8.19. The van der Waals surface area contributed by atoms with Crippen molar-refractivity contribution >= 4 is 0 Å². The topological polar surface area (TPSA) is 26.0 Å². The van der Waals surface area contributed by atoms with Crippen LogP contribution in [0.2, 0.25) is 0 Å². The molecule has 1 aromatic rings. The lowest BCUT2D eigenvalue weighted by Gasteiger charge is -2.25. The van der Waals surface area contributed by atoms with Crippen LogP contribution in [-0.4, -0.2) is 0 Å². The highest BCUT2D eigenvalue weighted by Gasteiger charge is 2.18. The average molecular weight is 247 g/mol. The largest absolute Gasteiger partial charge is 0.324 e. The summed E-state index contributed by atoms with van der Waals surface area (Å²) in [5.74, 6) is 0.668. The van der Waals surface area contributed by atoms with Gasteiger partial charge in [-0.1, -0.05) is 45.9 Å². The zero-order valence-corrected chi connectivity index (χ0v) is 12.9. The maximum Gasteiger partial charge on any atom is 0.0297 e. The zero-order valence-electron chi connectivity index (χ0n) is 12.9. The third-order valence-electron chi connectivity index (χ3n) is 3.58. The molecule has 0 amide bonds. The summed E-state index contributed by atoms with van der Waals surface area (Å²) in [6.45, 7) is 13.5. The molecule has 18 heavy (non-hydrogen) atoms. The summed E-state index contributed by atoms with van der Waals surface area (Å²) in [5, 5.41) is 0. The summed E-state index contributed by atoms with van der Waals surface area (Å²) in [7, 11) is 0. The van der Waals surface area contributed by atoms with Gasteiger partial charge in [-0.05, 0) is 54.7 Å². The first kappa shape index (κ1) is 15.2. The molecule has 1 rings (SSSR count). The quantitative estimate of drug-likeness (QED) is 0.815. The predicted octanol–water partition coefficient (Wildman–Crippen LogP) is 4.77. The monoisotopic (exact) mass is 247 g/mol. The van der Waals surface area contributed by atoms with Crippen LogP contribution in [0.15, 0.2) is 18.2 Å². The second-order valence-electron chi connectivity index (χ2n) is 7.06. The van der Waals surface area contributed by atoms with Gasteiger partial charge in [0.1, 0.15) is 0 Å². The molecule has 2 unspecified atom stereocenters. The molecule has 0 aliphatic rings. The van der Waals surface area contributed by atoms with Gasteiger partial charge in [-0.3, -0.25) is 0 Å². The van der Waals surface area contributed by atoms with E-state index < -0.39 is 0 Å². The molecule has 0 heterocycles. The maximum absolute atomic E-state index is 6.33. The molecule has 0 aliphatic carbocycles. The molecule has 102 valence electrons. The van der Waals surface area contributed by atoms with Crippen molar-refractivity contribution in [2.75, 3.05) is 0 Å². The van der Waals surface area contributed by atoms with Crippen molar-refractivity contribution in [3.63, 3.8) is 0 Å². The van der Waals surface area contributed by atoms with Crippen LogP contribution in [0, 0.1) is 25.2 Å². The van der Waals surface area contributed by atoms with Crippen LogP contribution in [0.1, 0.15) is 63.3 Å². The van der Waals surface area contributed by atoms with Crippen molar-refractivity contribution < 1.29 is 0 Å². The highest BCUT2D eigenvalue weighted by atomic mass is 14.6. The summed E-state index contributed by atoms with van der Waals surface area (Å²) in [4.78, 5) is 0. The number of hydrogen-bond donors (Lipinski definition) is 1.